The van der Waals surface area contributed by atoms with Crippen LogP contribution in [-0.2, 0) is 11.0 Å². The maximum absolute atomic E-state index is 13.1. The van der Waals surface area contributed by atoms with Crippen molar-refractivity contribution >= 4 is 11.6 Å². The Morgan fingerprint density at radius 2 is 1.83 bits per heavy atom. The highest BCUT2D eigenvalue weighted by atomic mass is 19.4. The van der Waals surface area contributed by atoms with Gasteiger partial charge in [0.25, 0.3) is 0 Å². The van der Waals surface area contributed by atoms with Gasteiger partial charge in [-0.2, -0.15) is 13.2 Å². The number of fused-ring (bicyclic) bond motifs is 2. The lowest BCUT2D eigenvalue weighted by molar-refractivity contribution is -0.137. The predicted molar refractivity (Wildman–Crippen MR) is 83.5 cm³/mol. The van der Waals surface area contributed by atoms with Crippen LogP contribution in [0.3, 0.4) is 0 Å². The van der Waals surface area contributed by atoms with Crippen molar-refractivity contribution < 1.29 is 22.8 Å². The first-order chi connectivity index (χ1) is 11.0. The van der Waals surface area contributed by atoms with E-state index in [4.69, 9.17) is 0 Å². The number of hydrogen-bond acceptors (Lipinski definition) is 2. The fraction of sp³-hybridized carbons (Fsp3) is 0.474. The van der Waals surface area contributed by atoms with E-state index in [1.54, 1.807) is 0 Å². The first kappa shape index (κ1) is 16.9. The fourth-order valence-electron chi connectivity index (χ4n) is 4.26. The Balaban J connectivity index is 2.03. The summed E-state index contributed by atoms with van der Waals surface area (Å²) in [4.78, 5) is 25.2. The first-order valence-corrected chi connectivity index (χ1v) is 7.97. The van der Waals surface area contributed by atoms with Gasteiger partial charge in [-0.15, -0.1) is 0 Å². The van der Waals surface area contributed by atoms with Crippen LogP contribution in [-0.4, -0.2) is 11.6 Å². The summed E-state index contributed by atoms with van der Waals surface area (Å²) < 4.78 is 39.3. The molecule has 128 valence electrons. The van der Waals surface area contributed by atoms with Gasteiger partial charge in [-0.05, 0) is 36.3 Å². The lowest BCUT2D eigenvalue weighted by atomic mass is 9.70. The number of allylic oxidation sites excluding steroid dienone is 2. The quantitative estimate of drug-likeness (QED) is 0.572. The molecule has 2 fully saturated rings. The van der Waals surface area contributed by atoms with E-state index in [9.17, 15) is 22.8 Å². The van der Waals surface area contributed by atoms with E-state index < -0.39 is 28.5 Å². The van der Waals surface area contributed by atoms with Crippen molar-refractivity contribution in [1.29, 1.82) is 0 Å². The molecule has 0 aromatic heterocycles. The number of carbonyl (C=O) groups is 2. The standard InChI is InChI=1S/C19H19F3O2/c1-17(2)13-8-9-18(17,3)16(24)12(13)10-15(23)11-6-4-5-7-14(11)19(20,21)22/h4-7,10,13H,8-9H2,1-3H3/b12-10+/t13-,18+/m1/s1. The molecule has 2 bridgehead atoms. The number of ketones is 2. The summed E-state index contributed by atoms with van der Waals surface area (Å²) in [6.07, 6.45) is -1.91. The maximum atomic E-state index is 13.1. The Kier molecular flexibility index (Phi) is 3.56. The third-order valence-electron chi connectivity index (χ3n) is 6.15. The molecule has 0 radical (unpaired) electrons. The molecular weight excluding hydrogens is 317 g/mol. The Hall–Kier alpha value is -1.91. The molecule has 0 unspecified atom stereocenters. The molecule has 0 spiro atoms. The van der Waals surface area contributed by atoms with Gasteiger partial charge in [0.2, 0.25) is 0 Å². The van der Waals surface area contributed by atoms with Gasteiger partial charge in [0.15, 0.2) is 11.6 Å². The number of benzene rings is 1. The monoisotopic (exact) mass is 336 g/mol. The summed E-state index contributed by atoms with van der Waals surface area (Å²) >= 11 is 0. The summed E-state index contributed by atoms with van der Waals surface area (Å²) in [6, 6.07) is 4.70. The Morgan fingerprint density at radius 1 is 1.21 bits per heavy atom. The zero-order valence-corrected chi connectivity index (χ0v) is 13.8. The smallest absolute Gasteiger partial charge is 0.294 e. The highest BCUT2D eigenvalue weighted by Crippen LogP contribution is 2.65. The summed E-state index contributed by atoms with van der Waals surface area (Å²) in [6.45, 7) is 5.89. The molecule has 2 nitrogen and oxygen atoms in total. The van der Waals surface area contributed by atoms with Gasteiger partial charge in [-0.25, -0.2) is 0 Å². The molecular formula is C19H19F3O2. The van der Waals surface area contributed by atoms with Gasteiger partial charge >= 0.3 is 6.18 Å². The number of alkyl halides is 3. The zero-order chi connectivity index (χ0) is 17.9. The van der Waals surface area contributed by atoms with Crippen molar-refractivity contribution in [1.82, 2.24) is 0 Å². The van der Waals surface area contributed by atoms with Crippen LogP contribution in [0.15, 0.2) is 35.9 Å². The minimum atomic E-state index is -4.60. The lowest BCUT2D eigenvalue weighted by Crippen LogP contribution is -2.32. The topological polar surface area (TPSA) is 34.1 Å². The van der Waals surface area contributed by atoms with Crippen molar-refractivity contribution in [3.8, 4) is 0 Å². The molecule has 2 aliphatic rings. The van der Waals surface area contributed by atoms with Crippen LogP contribution in [0.2, 0.25) is 0 Å². The molecule has 0 heterocycles. The van der Waals surface area contributed by atoms with Crippen LogP contribution < -0.4 is 0 Å². The number of halogens is 3. The van der Waals surface area contributed by atoms with Crippen molar-refractivity contribution in [2.75, 3.05) is 0 Å². The second kappa shape index (κ2) is 5.04. The Morgan fingerprint density at radius 3 is 2.38 bits per heavy atom. The fourth-order valence-corrected chi connectivity index (χ4v) is 4.26. The molecule has 0 aliphatic heterocycles. The first-order valence-electron chi connectivity index (χ1n) is 7.97. The molecule has 2 aliphatic carbocycles. The number of carbonyl (C=O) groups excluding carboxylic acids is 2. The molecule has 0 saturated heterocycles. The molecule has 1 aromatic carbocycles. The summed E-state index contributed by atoms with van der Waals surface area (Å²) in [5.74, 6) is -0.920. The number of rotatable bonds is 2. The molecule has 24 heavy (non-hydrogen) atoms. The van der Waals surface area contributed by atoms with Crippen molar-refractivity contribution in [2.24, 2.45) is 16.7 Å². The number of Topliss-reactive ketones (excluding diaryl/α,β-unsaturated/α-hetero) is 1. The van der Waals surface area contributed by atoms with Crippen LogP contribution in [0.25, 0.3) is 0 Å². The van der Waals surface area contributed by atoms with Crippen molar-refractivity contribution in [3.05, 3.63) is 47.0 Å². The van der Waals surface area contributed by atoms with Crippen molar-refractivity contribution in [2.45, 2.75) is 39.8 Å². The highest BCUT2D eigenvalue weighted by molar-refractivity contribution is 6.13. The third-order valence-corrected chi connectivity index (χ3v) is 6.15. The van der Waals surface area contributed by atoms with Crippen LogP contribution in [0.1, 0.15) is 49.5 Å². The third kappa shape index (κ3) is 2.17. The van der Waals surface area contributed by atoms with Gasteiger partial charge < -0.3 is 0 Å². The largest absolute Gasteiger partial charge is 0.417 e. The van der Waals surface area contributed by atoms with Crippen molar-refractivity contribution in [3.63, 3.8) is 0 Å². The Bertz CT molecular complexity index is 758. The van der Waals surface area contributed by atoms with E-state index in [0.717, 1.165) is 31.1 Å². The van der Waals surface area contributed by atoms with Gasteiger partial charge in [0.05, 0.1) is 5.56 Å². The predicted octanol–water partition coefficient (Wildman–Crippen LogP) is 4.84. The van der Waals surface area contributed by atoms with E-state index >= 15 is 0 Å². The van der Waals surface area contributed by atoms with Gasteiger partial charge in [-0.3, -0.25) is 9.59 Å². The minimum Gasteiger partial charge on any atom is -0.294 e. The van der Waals surface area contributed by atoms with Gasteiger partial charge in [0, 0.05) is 16.6 Å². The second-order valence-corrected chi connectivity index (χ2v) is 7.48. The average molecular weight is 336 g/mol. The van der Waals surface area contributed by atoms with Crippen LogP contribution in [0, 0.1) is 16.7 Å². The van der Waals surface area contributed by atoms with Crippen LogP contribution in [0.5, 0.6) is 0 Å². The SMILES string of the molecule is CC1(C)[C@@H]2CC[C@@]1(C)C(=O)/C2=C/C(=O)c1ccccc1C(F)(F)F. The molecule has 0 amide bonds. The maximum Gasteiger partial charge on any atom is 0.417 e. The summed E-state index contributed by atoms with van der Waals surface area (Å²) in [5.41, 5.74) is -1.80. The molecule has 1 aromatic rings. The van der Waals surface area contributed by atoms with Crippen LogP contribution >= 0.6 is 0 Å². The molecule has 2 saturated carbocycles. The van der Waals surface area contributed by atoms with E-state index in [0.29, 0.717) is 5.57 Å². The molecule has 5 heteroatoms. The van der Waals surface area contributed by atoms with Gasteiger partial charge in [0.1, 0.15) is 0 Å². The van der Waals surface area contributed by atoms with E-state index in [-0.39, 0.29) is 17.1 Å². The summed E-state index contributed by atoms with van der Waals surface area (Å²) in [5, 5.41) is 0. The minimum absolute atomic E-state index is 0.0722. The highest BCUT2D eigenvalue weighted by Gasteiger charge is 2.64. The zero-order valence-electron chi connectivity index (χ0n) is 13.8. The van der Waals surface area contributed by atoms with Crippen LogP contribution in [0.4, 0.5) is 13.2 Å². The Labute approximate surface area is 138 Å². The molecule has 3 rings (SSSR count). The number of hydrogen-bond donors (Lipinski definition) is 0. The van der Waals surface area contributed by atoms with E-state index in [1.165, 1.54) is 12.1 Å². The van der Waals surface area contributed by atoms with Gasteiger partial charge in [-0.1, -0.05) is 39.0 Å². The molecule has 0 N–H and O–H groups in total. The second-order valence-electron chi connectivity index (χ2n) is 7.48. The van der Waals surface area contributed by atoms with E-state index in [2.05, 4.69) is 0 Å². The molecule has 2 atom stereocenters. The average Bonchev–Trinajstić information content (AvgIpc) is 2.80. The lowest BCUT2D eigenvalue weighted by Gasteiger charge is -2.31. The summed E-state index contributed by atoms with van der Waals surface area (Å²) in [7, 11) is 0. The normalized spacial score (nSPS) is 30.2. The van der Waals surface area contributed by atoms with E-state index in [1.807, 2.05) is 20.8 Å².